The molecule has 0 aromatic rings. The third-order valence-electron chi connectivity index (χ3n) is 5.15. The van der Waals surface area contributed by atoms with Gasteiger partial charge in [0.15, 0.2) is 0 Å². The molecule has 114 valence electrons. The summed E-state index contributed by atoms with van der Waals surface area (Å²) in [5.74, 6) is -2.56. The van der Waals surface area contributed by atoms with Crippen molar-refractivity contribution in [2.24, 2.45) is 23.7 Å². The van der Waals surface area contributed by atoms with Crippen molar-refractivity contribution in [3.8, 4) is 0 Å². The van der Waals surface area contributed by atoms with E-state index < -0.39 is 23.3 Å². The summed E-state index contributed by atoms with van der Waals surface area (Å²) in [7, 11) is 0. The normalized spacial score (nSPS) is 36.7. The zero-order chi connectivity index (χ0) is 15.4. The summed E-state index contributed by atoms with van der Waals surface area (Å²) in [4.78, 5) is 38.0. The highest BCUT2D eigenvalue weighted by molar-refractivity contribution is 5.94. The van der Waals surface area contributed by atoms with Gasteiger partial charge in [-0.05, 0) is 32.1 Å². The Bertz CT molecular complexity index is 540. The van der Waals surface area contributed by atoms with E-state index in [2.05, 4.69) is 5.32 Å². The van der Waals surface area contributed by atoms with Crippen molar-refractivity contribution in [2.45, 2.75) is 25.8 Å². The van der Waals surface area contributed by atoms with Crippen LogP contribution in [0.2, 0.25) is 0 Å². The Labute approximate surface area is 123 Å². The Morgan fingerprint density at radius 1 is 1.29 bits per heavy atom. The summed E-state index contributed by atoms with van der Waals surface area (Å²) in [5, 5.41) is 12.2. The first-order valence-corrected chi connectivity index (χ1v) is 7.35. The summed E-state index contributed by atoms with van der Waals surface area (Å²) in [6, 6.07) is 0. The van der Waals surface area contributed by atoms with Crippen molar-refractivity contribution in [2.75, 3.05) is 13.1 Å². The number of carbonyl (C=O) groups is 3. The molecule has 2 unspecified atom stereocenters. The monoisotopic (exact) mass is 292 g/mol. The molecule has 3 rings (SSSR count). The molecule has 2 bridgehead atoms. The van der Waals surface area contributed by atoms with Crippen LogP contribution in [0.5, 0.6) is 0 Å². The second-order valence-electron chi connectivity index (χ2n) is 6.64. The van der Waals surface area contributed by atoms with Crippen molar-refractivity contribution >= 4 is 17.8 Å². The summed E-state index contributed by atoms with van der Waals surface area (Å²) in [6.07, 6.45) is 4.61. The fourth-order valence-electron chi connectivity index (χ4n) is 3.96. The maximum absolute atomic E-state index is 12.9. The maximum atomic E-state index is 12.9. The molecule has 6 nitrogen and oxygen atoms in total. The molecule has 1 saturated heterocycles. The summed E-state index contributed by atoms with van der Waals surface area (Å²) in [5.41, 5.74) is -0.927. The van der Waals surface area contributed by atoms with Crippen molar-refractivity contribution in [1.82, 2.24) is 10.2 Å². The van der Waals surface area contributed by atoms with Crippen LogP contribution in [0.15, 0.2) is 12.2 Å². The Morgan fingerprint density at radius 3 is 2.52 bits per heavy atom. The molecule has 2 N–H and O–H groups in total. The van der Waals surface area contributed by atoms with Crippen LogP contribution in [0.4, 0.5) is 0 Å². The van der Waals surface area contributed by atoms with E-state index in [1.807, 2.05) is 12.2 Å². The lowest BCUT2D eigenvalue weighted by Crippen LogP contribution is -2.65. The largest absolute Gasteiger partial charge is 0.481 e. The Morgan fingerprint density at radius 2 is 1.90 bits per heavy atom. The van der Waals surface area contributed by atoms with Gasteiger partial charge < -0.3 is 15.3 Å². The molecular formula is C15H20N2O4. The van der Waals surface area contributed by atoms with Gasteiger partial charge in [0, 0.05) is 13.1 Å². The molecule has 0 spiro atoms. The first kappa shape index (κ1) is 14.1. The van der Waals surface area contributed by atoms with Crippen LogP contribution in [0.25, 0.3) is 0 Å². The van der Waals surface area contributed by atoms with E-state index >= 15 is 0 Å². The molecule has 2 aliphatic carbocycles. The third-order valence-corrected chi connectivity index (χ3v) is 5.15. The number of rotatable bonds is 2. The van der Waals surface area contributed by atoms with Gasteiger partial charge in [0.2, 0.25) is 11.8 Å². The number of aliphatic carboxylic acids is 1. The SMILES string of the molecule is CC1(C)C(=O)NCCN1C(=O)[C@H]1C2C=CC(C2)[C@H]1C(=O)O. The molecule has 0 aromatic carbocycles. The van der Waals surface area contributed by atoms with Gasteiger partial charge in [0.25, 0.3) is 0 Å². The average Bonchev–Trinajstić information content (AvgIpc) is 3.01. The zero-order valence-corrected chi connectivity index (χ0v) is 12.2. The molecule has 0 radical (unpaired) electrons. The van der Waals surface area contributed by atoms with Crippen LogP contribution in [-0.4, -0.2) is 46.4 Å². The lowest BCUT2D eigenvalue weighted by molar-refractivity contribution is -0.158. The Balaban J connectivity index is 1.89. The number of carbonyl (C=O) groups excluding carboxylic acids is 2. The number of piperazine rings is 1. The highest BCUT2D eigenvalue weighted by atomic mass is 16.4. The third kappa shape index (κ3) is 1.96. The van der Waals surface area contributed by atoms with Gasteiger partial charge in [0.1, 0.15) is 5.54 Å². The van der Waals surface area contributed by atoms with Gasteiger partial charge in [-0.1, -0.05) is 12.2 Å². The number of carboxylic acid groups (broad SMARTS) is 1. The molecular weight excluding hydrogens is 272 g/mol. The zero-order valence-electron chi connectivity index (χ0n) is 12.2. The fraction of sp³-hybridized carbons (Fsp3) is 0.667. The number of allylic oxidation sites excluding steroid dienone is 2. The van der Waals surface area contributed by atoms with Gasteiger partial charge in [-0.2, -0.15) is 0 Å². The van der Waals surface area contributed by atoms with Crippen molar-refractivity contribution in [1.29, 1.82) is 0 Å². The predicted molar refractivity (Wildman–Crippen MR) is 74.2 cm³/mol. The molecule has 0 aromatic heterocycles. The van der Waals surface area contributed by atoms with Gasteiger partial charge in [0.05, 0.1) is 11.8 Å². The highest BCUT2D eigenvalue weighted by Crippen LogP contribution is 2.49. The number of hydrogen-bond donors (Lipinski definition) is 2. The van der Waals surface area contributed by atoms with E-state index in [1.54, 1.807) is 18.7 Å². The smallest absolute Gasteiger partial charge is 0.307 e. The van der Waals surface area contributed by atoms with Crippen molar-refractivity contribution in [3.63, 3.8) is 0 Å². The van der Waals surface area contributed by atoms with Crippen LogP contribution < -0.4 is 5.32 Å². The minimum absolute atomic E-state index is 0.00983. The second kappa shape index (κ2) is 4.58. The van der Waals surface area contributed by atoms with Crippen molar-refractivity contribution in [3.05, 3.63) is 12.2 Å². The maximum Gasteiger partial charge on any atom is 0.307 e. The molecule has 6 heteroatoms. The van der Waals surface area contributed by atoms with Crippen LogP contribution in [0.3, 0.4) is 0 Å². The quantitative estimate of drug-likeness (QED) is 0.714. The predicted octanol–water partition coefficient (Wildman–Crippen LogP) is 0.246. The van der Waals surface area contributed by atoms with E-state index in [4.69, 9.17) is 0 Å². The molecule has 4 atom stereocenters. The molecule has 21 heavy (non-hydrogen) atoms. The topological polar surface area (TPSA) is 86.7 Å². The average molecular weight is 292 g/mol. The van der Waals surface area contributed by atoms with Gasteiger partial charge in [-0.3, -0.25) is 14.4 Å². The minimum Gasteiger partial charge on any atom is -0.481 e. The van der Waals surface area contributed by atoms with Gasteiger partial charge >= 0.3 is 5.97 Å². The first-order valence-electron chi connectivity index (χ1n) is 7.35. The lowest BCUT2D eigenvalue weighted by Gasteiger charge is -2.43. The van der Waals surface area contributed by atoms with Gasteiger partial charge in [-0.15, -0.1) is 0 Å². The summed E-state index contributed by atoms with van der Waals surface area (Å²) < 4.78 is 0. The molecule has 2 amide bonds. The second-order valence-corrected chi connectivity index (χ2v) is 6.64. The molecule has 3 aliphatic rings. The first-order chi connectivity index (χ1) is 9.84. The number of fused-ring (bicyclic) bond motifs is 2. The van der Waals surface area contributed by atoms with Crippen molar-refractivity contribution < 1.29 is 19.5 Å². The number of nitrogens with zero attached hydrogens (tertiary/aromatic N) is 1. The number of amides is 2. The highest BCUT2D eigenvalue weighted by Gasteiger charge is 2.54. The molecule has 2 fully saturated rings. The van der Waals surface area contributed by atoms with E-state index in [9.17, 15) is 19.5 Å². The van der Waals surface area contributed by atoms with E-state index in [-0.39, 0.29) is 23.7 Å². The van der Waals surface area contributed by atoms with Crippen LogP contribution in [-0.2, 0) is 14.4 Å². The number of carboxylic acids is 1. The van der Waals surface area contributed by atoms with E-state index in [1.165, 1.54) is 0 Å². The molecule has 1 heterocycles. The molecule has 1 aliphatic heterocycles. The molecule has 1 saturated carbocycles. The Hall–Kier alpha value is -1.85. The van der Waals surface area contributed by atoms with Crippen LogP contribution in [0, 0.1) is 23.7 Å². The Kier molecular flexibility index (Phi) is 3.07. The number of hydrogen-bond acceptors (Lipinski definition) is 3. The summed E-state index contributed by atoms with van der Waals surface area (Å²) in [6.45, 7) is 4.26. The fourth-order valence-corrected chi connectivity index (χ4v) is 3.96. The van der Waals surface area contributed by atoms with Crippen LogP contribution in [0.1, 0.15) is 20.3 Å². The van der Waals surface area contributed by atoms with E-state index in [0.29, 0.717) is 13.1 Å². The van der Waals surface area contributed by atoms with E-state index in [0.717, 1.165) is 6.42 Å². The summed E-state index contributed by atoms with van der Waals surface area (Å²) >= 11 is 0. The lowest BCUT2D eigenvalue weighted by atomic mass is 9.81. The minimum atomic E-state index is -0.927. The number of nitrogens with one attached hydrogen (secondary N) is 1. The standard InChI is InChI=1S/C15H20N2O4/c1-15(2)14(21)16-5-6-17(15)12(18)10-8-3-4-9(7-8)11(10)13(19)20/h3-4,8-11H,5-7H2,1-2H3,(H,16,21)(H,19,20)/t8?,9?,10-,11+/m0/s1. The van der Waals surface area contributed by atoms with Gasteiger partial charge in [-0.25, -0.2) is 0 Å². The van der Waals surface area contributed by atoms with Crippen LogP contribution >= 0.6 is 0 Å².